The van der Waals surface area contributed by atoms with Gasteiger partial charge in [-0.15, -0.1) is 0 Å². The molecule has 8 heteroatoms. The largest absolute Gasteiger partial charge is 0.476 e. The summed E-state index contributed by atoms with van der Waals surface area (Å²) in [5, 5.41) is 8.73. The van der Waals surface area contributed by atoms with Crippen molar-refractivity contribution in [2.45, 2.75) is 19.3 Å². The lowest BCUT2D eigenvalue weighted by molar-refractivity contribution is -0.137. The van der Waals surface area contributed by atoms with Crippen molar-refractivity contribution < 1.29 is 27.5 Å². The van der Waals surface area contributed by atoms with E-state index in [0.29, 0.717) is 5.56 Å². The molecule has 22 heavy (non-hydrogen) atoms. The summed E-state index contributed by atoms with van der Waals surface area (Å²) in [7, 11) is 1.67. The van der Waals surface area contributed by atoms with Crippen LogP contribution in [0.4, 0.5) is 13.2 Å². The first kappa shape index (κ1) is 16.0. The van der Waals surface area contributed by atoms with Gasteiger partial charge in [0, 0.05) is 6.54 Å². The second-order valence-electron chi connectivity index (χ2n) is 4.80. The van der Waals surface area contributed by atoms with Gasteiger partial charge in [0.2, 0.25) is 5.89 Å². The molecule has 1 heterocycles. The van der Waals surface area contributed by atoms with Gasteiger partial charge in [-0.1, -0.05) is 18.2 Å². The lowest BCUT2D eigenvalue weighted by Crippen LogP contribution is -2.18. The molecular formula is C14H13F3N2O3. The number of hydrogen-bond acceptors (Lipinski definition) is 4. The van der Waals surface area contributed by atoms with E-state index in [4.69, 9.17) is 9.52 Å². The fourth-order valence-electron chi connectivity index (χ4n) is 1.93. The molecule has 0 aliphatic carbocycles. The third-order valence-corrected chi connectivity index (χ3v) is 2.88. The molecule has 118 valence electrons. The van der Waals surface area contributed by atoms with Crippen LogP contribution in [0.15, 0.2) is 34.9 Å². The van der Waals surface area contributed by atoms with E-state index in [1.54, 1.807) is 18.0 Å². The number of hydrogen-bond donors (Lipinski definition) is 1. The Morgan fingerprint density at radius 3 is 2.68 bits per heavy atom. The van der Waals surface area contributed by atoms with E-state index < -0.39 is 17.7 Å². The first-order valence-electron chi connectivity index (χ1n) is 6.28. The normalized spacial score (nSPS) is 11.9. The van der Waals surface area contributed by atoms with E-state index in [0.717, 1.165) is 18.4 Å². The van der Waals surface area contributed by atoms with Crippen molar-refractivity contribution >= 4 is 5.97 Å². The molecule has 0 saturated heterocycles. The Morgan fingerprint density at radius 1 is 1.36 bits per heavy atom. The van der Waals surface area contributed by atoms with Crippen molar-refractivity contribution in [3.05, 3.63) is 53.2 Å². The summed E-state index contributed by atoms with van der Waals surface area (Å²) in [5.74, 6) is -1.01. The molecule has 0 radical (unpaired) electrons. The van der Waals surface area contributed by atoms with E-state index in [-0.39, 0.29) is 24.7 Å². The van der Waals surface area contributed by atoms with Gasteiger partial charge in [-0.05, 0) is 18.7 Å². The third kappa shape index (κ3) is 4.08. The number of carboxylic acids is 1. The third-order valence-electron chi connectivity index (χ3n) is 2.88. The zero-order valence-electron chi connectivity index (χ0n) is 11.6. The maximum absolute atomic E-state index is 12.6. The first-order valence-corrected chi connectivity index (χ1v) is 6.28. The summed E-state index contributed by atoms with van der Waals surface area (Å²) < 4.78 is 42.9. The average Bonchev–Trinajstić information content (AvgIpc) is 2.86. The van der Waals surface area contributed by atoms with Gasteiger partial charge in [-0.25, -0.2) is 9.78 Å². The number of oxazole rings is 1. The van der Waals surface area contributed by atoms with E-state index in [1.165, 1.54) is 6.07 Å². The Morgan fingerprint density at radius 2 is 2.09 bits per heavy atom. The van der Waals surface area contributed by atoms with E-state index in [1.807, 2.05) is 0 Å². The Balaban J connectivity index is 2.02. The van der Waals surface area contributed by atoms with Crippen LogP contribution in [0.3, 0.4) is 0 Å². The highest BCUT2D eigenvalue weighted by molar-refractivity contribution is 5.84. The summed E-state index contributed by atoms with van der Waals surface area (Å²) in [6, 6.07) is 5.02. The minimum Gasteiger partial charge on any atom is -0.476 e. The van der Waals surface area contributed by atoms with Gasteiger partial charge in [0.15, 0.2) is 5.69 Å². The van der Waals surface area contributed by atoms with Gasteiger partial charge < -0.3 is 9.52 Å². The number of carboxylic acid groups (broad SMARTS) is 1. The predicted molar refractivity (Wildman–Crippen MR) is 70.1 cm³/mol. The van der Waals surface area contributed by atoms with Crippen LogP contribution in [0.25, 0.3) is 0 Å². The zero-order chi connectivity index (χ0) is 16.3. The Kier molecular flexibility index (Phi) is 4.51. The first-order chi connectivity index (χ1) is 10.3. The fraction of sp³-hybridized carbons (Fsp3) is 0.286. The lowest BCUT2D eigenvalue weighted by atomic mass is 10.1. The van der Waals surface area contributed by atoms with Crippen molar-refractivity contribution in [3.8, 4) is 0 Å². The number of benzene rings is 1. The summed E-state index contributed by atoms with van der Waals surface area (Å²) in [6.45, 7) is 0.429. The highest BCUT2D eigenvalue weighted by Gasteiger charge is 2.30. The molecule has 0 spiro atoms. The highest BCUT2D eigenvalue weighted by atomic mass is 19.4. The van der Waals surface area contributed by atoms with E-state index in [2.05, 4.69) is 4.98 Å². The van der Waals surface area contributed by atoms with Gasteiger partial charge in [0.05, 0.1) is 12.1 Å². The fourth-order valence-corrected chi connectivity index (χ4v) is 1.93. The molecule has 1 aromatic carbocycles. The van der Waals surface area contributed by atoms with Crippen LogP contribution in [0.1, 0.15) is 27.5 Å². The van der Waals surface area contributed by atoms with Crippen LogP contribution >= 0.6 is 0 Å². The summed E-state index contributed by atoms with van der Waals surface area (Å²) in [4.78, 5) is 16.1. The molecule has 0 aliphatic heterocycles. The number of carbonyl (C=O) groups is 1. The molecule has 2 rings (SSSR count). The van der Waals surface area contributed by atoms with E-state index in [9.17, 15) is 18.0 Å². The Bertz CT molecular complexity index is 667. The topological polar surface area (TPSA) is 66.6 Å². The van der Waals surface area contributed by atoms with Gasteiger partial charge in [-0.3, -0.25) is 4.90 Å². The number of aromatic carboxylic acids is 1. The quantitative estimate of drug-likeness (QED) is 0.919. The van der Waals surface area contributed by atoms with Crippen molar-refractivity contribution in [3.63, 3.8) is 0 Å². The molecule has 2 aromatic rings. The minimum absolute atomic E-state index is 0.184. The maximum atomic E-state index is 12.6. The summed E-state index contributed by atoms with van der Waals surface area (Å²) >= 11 is 0. The second kappa shape index (κ2) is 6.18. The molecule has 1 N–H and O–H groups in total. The molecule has 5 nitrogen and oxygen atoms in total. The van der Waals surface area contributed by atoms with Gasteiger partial charge in [0.1, 0.15) is 6.26 Å². The van der Waals surface area contributed by atoms with E-state index >= 15 is 0 Å². The van der Waals surface area contributed by atoms with Gasteiger partial charge in [0.25, 0.3) is 0 Å². The van der Waals surface area contributed by atoms with Crippen LogP contribution in [-0.4, -0.2) is 28.0 Å². The van der Waals surface area contributed by atoms with Crippen LogP contribution in [0.2, 0.25) is 0 Å². The minimum atomic E-state index is -4.38. The number of alkyl halides is 3. The monoisotopic (exact) mass is 314 g/mol. The molecule has 0 unspecified atom stereocenters. The molecule has 0 amide bonds. The average molecular weight is 314 g/mol. The van der Waals surface area contributed by atoms with Crippen molar-refractivity contribution in [2.24, 2.45) is 0 Å². The number of aromatic nitrogens is 1. The van der Waals surface area contributed by atoms with Gasteiger partial charge >= 0.3 is 12.1 Å². The van der Waals surface area contributed by atoms with Crippen LogP contribution < -0.4 is 0 Å². The zero-order valence-corrected chi connectivity index (χ0v) is 11.6. The van der Waals surface area contributed by atoms with Crippen LogP contribution in [-0.2, 0) is 19.3 Å². The molecule has 0 bridgehead atoms. The lowest BCUT2D eigenvalue weighted by Gasteiger charge is -2.15. The Labute approximate surface area is 124 Å². The van der Waals surface area contributed by atoms with Crippen molar-refractivity contribution in [1.29, 1.82) is 0 Å². The van der Waals surface area contributed by atoms with Crippen molar-refractivity contribution in [1.82, 2.24) is 9.88 Å². The Hall–Kier alpha value is -2.35. The summed E-state index contributed by atoms with van der Waals surface area (Å²) in [5.41, 5.74) is -0.424. The number of halogens is 3. The molecule has 0 fully saturated rings. The maximum Gasteiger partial charge on any atom is 0.416 e. The molecule has 0 atom stereocenters. The highest BCUT2D eigenvalue weighted by Crippen LogP contribution is 2.29. The number of rotatable bonds is 5. The number of nitrogens with zero attached hydrogens (tertiary/aromatic N) is 2. The van der Waals surface area contributed by atoms with Crippen LogP contribution in [0.5, 0.6) is 0 Å². The smallest absolute Gasteiger partial charge is 0.416 e. The molecule has 1 aromatic heterocycles. The molecular weight excluding hydrogens is 301 g/mol. The summed E-state index contributed by atoms with van der Waals surface area (Å²) in [6.07, 6.45) is -3.36. The second-order valence-corrected chi connectivity index (χ2v) is 4.80. The SMILES string of the molecule is CN(Cc1cccc(C(F)(F)F)c1)Cc1nc(C(=O)O)co1. The predicted octanol–water partition coefficient (Wildman–Crippen LogP) is 3.02. The van der Waals surface area contributed by atoms with Crippen LogP contribution in [0, 0.1) is 0 Å². The molecule has 0 saturated carbocycles. The van der Waals surface area contributed by atoms with Gasteiger partial charge in [-0.2, -0.15) is 13.2 Å². The van der Waals surface area contributed by atoms with Crippen molar-refractivity contribution in [2.75, 3.05) is 7.05 Å². The standard InChI is InChI=1S/C14H13F3N2O3/c1-19(7-12-18-11(8-22-12)13(20)21)6-9-3-2-4-10(5-9)14(15,16)17/h2-5,8H,6-7H2,1H3,(H,20,21). The molecule has 0 aliphatic rings.